The lowest BCUT2D eigenvalue weighted by atomic mass is 10.1. The number of carbonyl (C=O) groups excluding carboxylic acids is 1. The van der Waals surface area contributed by atoms with Crippen LogP contribution in [0.2, 0.25) is 0 Å². The number of rotatable bonds is 3. The molecule has 19 heavy (non-hydrogen) atoms. The molecule has 5 heteroatoms. The molecule has 0 radical (unpaired) electrons. The van der Waals surface area contributed by atoms with E-state index in [1.165, 1.54) is 18.2 Å². The molecule has 0 fully saturated rings. The zero-order valence-corrected chi connectivity index (χ0v) is 10.7. The minimum atomic E-state index is -0.326. The average molecular weight is 259 g/mol. The monoisotopic (exact) mass is 259 g/mol. The Kier molecular flexibility index (Phi) is 3.75. The third kappa shape index (κ3) is 2.88. The first-order valence-electron chi connectivity index (χ1n) is 5.82. The fourth-order valence-electron chi connectivity index (χ4n) is 1.74. The minimum Gasteiger partial charge on any atom is -0.372 e. The van der Waals surface area contributed by atoms with Gasteiger partial charge in [-0.1, -0.05) is 0 Å². The van der Waals surface area contributed by atoms with Crippen LogP contribution in [0.5, 0.6) is 0 Å². The van der Waals surface area contributed by atoms with Crippen LogP contribution in [0, 0.1) is 12.7 Å². The van der Waals surface area contributed by atoms with Gasteiger partial charge in [-0.3, -0.25) is 4.79 Å². The number of benzene rings is 1. The Balaban J connectivity index is 2.26. The largest absolute Gasteiger partial charge is 0.372 e. The van der Waals surface area contributed by atoms with E-state index in [2.05, 4.69) is 15.6 Å². The van der Waals surface area contributed by atoms with Crippen molar-refractivity contribution in [1.29, 1.82) is 0 Å². The van der Waals surface area contributed by atoms with Gasteiger partial charge in [-0.25, -0.2) is 9.37 Å². The molecule has 4 nitrogen and oxygen atoms in total. The van der Waals surface area contributed by atoms with Crippen LogP contribution in [0.1, 0.15) is 15.9 Å². The van der Waals surface area contributed by atoms with Gasteiger partial charge in [0.25, 0.3) is 5.91 Å². The number of halogens is 1. The molecule has 1 heterocycles. The lowest BCUT2D eigenvalue weighted by molar-refractivity contribution is 0.102. The number of pyridine rings is 1. The Bertz CT molecular complexity index is 613. The number of nitrogens with one attached hydrogen (secondary N) is 2. The van der Waals surface area contributed by atoms with Crippen molar-refractivity contribution in [3.05, 3.63) is 53.5 Å². The normalized spacial score (nSPS) is 10.1. The molecule has 2 rings (SSSR count). The predicted molar refractivity (Wildman–Crippen MR) is 72.9 cm³/mol. The quantitative estimate of drug-likeness (QED) is 0.891. The summed E-state index contributed by atoms with van der Waals surface area (Å²) in [5.74, 6) is -0.111. The molecular formula is C14H14FN3O. The molecule has 0 saturated carbocycles. The second-order valence-corrected chi connectivity index (χ2v) is 4.06. The molecule has 2 aromatic rings. The van der Waals surface area contributed by atoms with Gasteiger partial charge in [0.15, 0.2) is 0 Å². The zero-order valence-electron chi connectivity index (χ0n) is 10.7. The number of hydrogen-bond acceptors (Lipinski definition) is 3. The zero-order chi connectivity index (χ0) is 13.8. The smallest absolute Gasteiger partial charge is 0.259 e. The van der Waals surface area contributed by atoms with Gasteiger partial charge in [0.05, 0.1) is 5.56 Å². The predicted octanol–water partition coefficient (Wildman–Crippen LogP) is 2.82. The van der Waals surface area contributed by atoms with E-state index in [0.717, 1.165) is 0 Å². The summed E-state index contributed by atoms with van der Waals surface area (Å²) in [5, 5.41) is 5.60. The Morgan fingerprint density at radius 2 is 2.11 bits per heavy atom. The molecule has 0 aliphatic rings. The fourth-order valence-corrected chi connectivity index (χ4v) is 1.74. The third-order valence-electron chi connectivity index (χ3n) is 2.73. The van der Waals surface area contributed by atoms with Crippen molar-refractivity contribution in [3.8, 4) is 0 Å². The molecule has 0 atom stereocenters. The molecule has 98 valence electrons. The molecule has 0 spiro atoms. The highest BCUT2D eigenvalue weighted by Crippen LogP contribution is 2.18. The number of anilines is 2. The summed E-state index contributed by atoms with van der Waals surface area (Å²) in [6, 6.07) is 7.58. The summed E-state index contributed by atoms with van der Waals surface area (Å²) in [6.45, 7) is 1.74. The van der Waals surface area contributed by atoms with Gasteiger partial charge in [0.1, 0.15) is 11.6 Å². The number of aryl methyl sites for hydroxylation is 1. The first kappa shape index (κ1) is 13.0. The lowest BCUT2D eigenvalue weighted by Gasteiger charge is -2.10. The molecule has 0 saturated heterocycles. The van der Waals surface area contributed by atoms with E-state index in [0.29, 0.717) is 22.6 Å². The van der Waals surface area contributed by atoms with Crippen LogP contribution in [-0.4, -0.2) is 17.9 Å². The van der Waals surface area contributed by atoms with Crippen LogP contribution in [0.15, 0.2) is 36.5 Å². The van der Waals surface area contributed by atoms with E-state index >= 15 is 0 Å². The summed E-state index contributed by atoms with van der Waals surface area (Å²) in [7, 11) is 1.70. The number of amides is 1. The summed E-state index contributed by atoms with van der Waals surface area (Å²) in [6.07, 6.45) is 1.60. The van der Waals surface area contributed by atoms with Crippen molar-refractivity contribution < 1.29 is 9.18 Å². The molecule has 1 amide bonds. The first-order chi connectivity index (χ1) is 9.11. The Labute approximate surface area is 110 Å². The summed E-state index contributed by atoms with van der Waals surface area (Å²) < 4.78 is 13.0. The average Bonchev–Trinajstić information content (AvgIpc) is 2.41. The maximum Gasteiger partial charge on any atom is 0.259 e. The summed E-state index contributed by atoms with van der Waals surface area (Å²) >= 11 is 0. The van der Waals surface area contributed by atoms with E-state index in [9.17, 15) is 9.18 Å². The van der Waals surface area contributed by atoms with E-state index in [-0.39, 0.29) is 11.7 Å². The van der Waals surface area contributed by atoms with Gasteiger partial charge in [-0.05, 0) is 42.8 Å². The maximum atomic E-state index is 13.0. The van der Waals surface area contributed by atoms with Gasteiger partial charge in [-0.15, -0.1) is 0 Å². The Hall–Kier alpha value is -2.43. The molecule has 1 aromatic heterocycles. The van der Waals surface area contributed by atoms with Gasteiger partial charge in [0, 0.05) is 18.9 Å². The summed E-state index contributed by atoms with van der Waals surface area (Å²) in [4.78, 5) is 16.2. The van der Waals surface area contributed by atoms with E-state index in [1.807, 2.05) is 0 Å². The molecule has 0 unspecified atom stereocenters. The number of hydrogen-bond donors (Lipinski definition) is 2. The van der Waals surface area contributed by atoms with Crippen molar-refractivity contribution in [2.45, 2.75) is 6.92 Å². The van der Waals surface area contributed by atoms with E-state index in [4.69, 9.17) is 0 Å². The van der Waals surface area contributed by atoms with Crippen molar-refractivity contribution in [1.82, 2.24) is 4.98 Å². The molecule has 0 aliphatic heterocycles. The van der Waals surface area contributed by atoms with Gasteiger partial charge < -0.3 is 10.6 Å². The molecular weight excluding hydrogens is 245 g/mol. The molecule has 0 aliphatic carbocycles. The van der Waals surface area contributed by atoms with E-state index in [1.54, 1.807) is 32.3 Å². The Morgan fingerprint density at radius 1 is 1.32 bits per heavy atom. The summed E-state index contributed by atoms with van der Waals surface area (Å²) in [5.41, 5.74) is 1.69. The first-order valence-corrected chi connectivity index (χ1v) is 5.82. The van der Waals surface area contributed by atoms with Crippen molar-refractivity contribution >= 4 is 17.4 Å². The van der Waals surface area contributed by atoms with Crippen LogP contribution in [-0.2, 0) is 0 Å². The number of aromatic nitrogens is 1. The highest BCUT2D eigenvalue weighted by molar-refractivity contribution is 6.07. The highest BCUT2D eigenvalue weighted by atomic mass is 19.1. The van der Waals surface area contributed by atoms with Crippen LogP contribution in [0.25, 0.3) is 0 Å². The van der Waals surface area contributed by atoms with Gasteiger partial charge >= 0.3 is 0 Å². The lowest BCUT2D eigenvalue weighted by Crippen LogP contribution is -2.15. The standard InChI is InChI=1S/C14H14FN3O/c1-9-8-10(15)5-6-12(9)18-14(19)11-4-3-7-17-13(11)16-2/h3-8H,1-2H3,(H,16,17)(H,18,19). The van der Waals surface area contributed by atoms with Crippen molar-refractivity contribution in [2.24, 2.45) is 0 Å². The topological polar surface area (TPSA) is 54.0 Å². The van der Waals surface area contributed by atoms with Crippen LogP contribution < -0.4 is 10.6 Å². The second-order valence-electron chi connectivity index (χ2n) is 4.06. The number of carbonyl (C=O) groups is 1. The Morgan fingerprint density at radius 3 is 2.79 bits per heavy atom. The fraction of sp³-hybridized carbons (Fsp3) is 0.143. The minimum absolute atomic E-state index is 0.285. The van der Waals surface area contributed by atoms with Gasteiger partial charge in [0.2, 0.25) is 0 Å². The van der Waals surface area contributed by atoms with Crippen LogP contribution in [0.4, 0.5) is 15.9 Å². The van der Waals surface area contributed by atoms with Crippen molar-refractivity contribution in [2.75, 3.05) is 17.7 Å². The van der Waals surface area contributed by atoms with Crippen LogP contribution in [0.3, 0.4) is 0 Å². The molecule has 2 N–H and O–H groups in total. The van der Waals surface area contributed by atoms with Crippen LogP contribution >= 0.6 is 0 Å². The highest BCUT2D eigenvalue weighted by Gasteiger charge is 2.12. The van der Waals surface area contributed by atoms with Crippen molar-refractivity contribution in [3.63, 3.8) is 0 Å². The third-order valence-corrected chi connectivity index (χ3v) is 2.73. The second kappa shape index (κ2) is 5.48. The number of nitrogens with zero attached hydrogens (tertiary/aromatic N) is 1. The SMILES string of the molecule is CNc1ncccc1C(=O)Nc1ccc(F)cc1C. The molecule has 0 bridgehead atoms. The van der Waals surface area contributed by atoms with Gasteiger partial charge in [-0.2, -0.15) is 0 Å². The van der Waals surface area contributed by atoms with E-state index < -0.39 is 0 Å². The maximum absolute atomic E-state index is 13.0. The molecule has 1 aromatic carbocycles.